The van der Waals surface area contributed by atoms with Crippen molar-refractivity contribution in [2.24, 2.45) is 0 Å². The molecule has 0 aliphatic carbocycles. The fourth-order valence-electron chi connectivity index (χ4n) is 1.78. The summed E-state index contributed by atoms with van der Waals surface area (Å²) in [6.07, 6.45) is 1.01. The summed E-state index contributed by atoms with van der Waals surface area (Å²) in [6, 6.07) is 9.81. The third-order valence-electron chi connectivity index (χ3n) is 2.57. The third kappa shape index (κ3) is 4.70. The number of nitrogens with zero attached hydrogens (tertiary/aromatic N) is 2. The Balaban J connectivity index is 0.00000200. The molecule has 0 bridgehead atoms. The van der Waals surface area contributed by atoms with Crippen molar-refractivity contribution in [1.29, 1.82) is 0 Å². The van der Waals surface area contributed by atoms with Gasteiger partial charge in [-0.2, -0.15) is 0 Å². The van der Waals surface area contributed by atoms with Gasteiger partial charge in [0.2, 0.25) is 0 Å². The third-order valence-corrected chi connectivity index (χ3v) is 2.57. The number of nitrogens with one attached hydrogen (secondary N) is 1. The monoisotopic (exact) mass is 292 g/mol. The Kier molecular flexibility index (Phi) is 6.25. The van der Waals surface area contributed by atoms with Gasteiger partial charge in [0.25, 0.3) is 0 Å². The number of rotatable bonds is 5. The molecular formula is C15H19ClN3O-. The summed E-state index contributed by atoms with van der Waals surface area (Å²) < 4.78 is 5.55. The topological polar surface area (TPSA) is 47.0 Å². The van der Waals surface area contributed by atoms with Gasteiger partial charge in [-0.15, -0.1) is 0 Å². The van der Waals surface area contributed by atoms with Crippen LogP contribution in [-0.4, -0.2) is 16.6 Å². The van der Waals surface area contributed by atoms with E-state index in [0.717, 1.165) is 41.8 Å². The first-order valence-electron chi connectivity index (χ1n) is 6.49. The van der Waals surface area contributed by atoms with Crippen LogP contribution in [0, 0.1) is 13.8 Å². The Morgan fingerprint density at radius 1 is 1.10 bits per heavy atom. The van der Waals surface area contributed by atoms with Crippen molar-refractivity contribution < 1.29 is 17.1 Å². The summed E-state index contributed by atoms with van der Waals surface area (Å²) in [7, 11) is 0. The SMILES string of the molecule is CCCOc1ccc(Nc2cc(C)nc(C)n2)cc1.[Cl-]. The summed E-state index contributed by atoms with van der Waals surface area (Å²) in [5, 5.41) is 3.26. The standard InChI is InChI=1S/C15H19N3O.ClH/c1-4-9-19-14-7-5-13(6-8-14)18-15-10-11(2)16-12(3)17-15;/h5-8,10H,4,9H2,1-3H3,(H,16,17,18);1H/p-1. The first kappa shape index (κ1) is 16.2. The van der Waals surface area contributed by atoms with E-state index in [1.165, 1.54) is 0 Å². The van der Waals surface area contributed by atoms with Crippen LogP contribution in [0.4, 0.5) is 11.5 Å². The molecule has 0 atom stereocenters. The summed E-state index contributed by atoms with van der Waals surface area (Å²) >= 11 is 0. The molecule has 108 valence electrons. The average molecular weight is 293 g/mol. The highest BCUT2D eigenvalue weighted by Crippen LogP contribution is 2.19. The second kappa shape index (κ2) is 7.70. The summed E-state index contributed by atoms with van der Waals surface area (Å²) in [4.78, 5) is 8.60. The Hall–Kier alpha value is -1.81. The Morgan fingerprint density at radius 3 is 2.40 bits per heavy atom. The van der Waals surface area contributed by atoms with Crippen molar-refractivity contribution >= 4 is 11.5 Å². The minimum atomic E-state index is 0. The van der Waals surface area contributed by atoms with E-state index in [9.17, 15) is 0 Å². The lowest BCUT2D eigenvalue weighted by Crippen LogP contribution is -3.00. The zero-order valence-electron chi connectivity index (χ0n) is 12.0. The Morgan fingerprint density at radius 2 is 1.80 bits per heavy atom. The van der Waals surface area contributed by atoms with Gasteiger partial charge in [0, 0.05) is 17.4 Å². The van der Waals surface area contributed by atoms with Gasteiger partial charge in [-0.05, 0) is 44.5 Å². The van der Waals surface area contributed by atoms with E-state index in [1.807, 2.05) is 44.2 Å². The van der Waals surface area contributed by atoms with Crippen LogP contribution < -0.4 is 22.5 Å². The lowest BCUT2D eigenvalue weighted by molar-refractivity contribution is -0.00000480. The van der Waals surface area contributed by atoms with Gasteiger partial charge < -0.3 is 22.5 Å². The van der Waals surface area contributed by atoms with Gasteiger partial charge in [0.1, 0.15) is 17.4 Å². The molecule has 0 unspecified atom stereocenters. The van der Waals surface area contributed by atoms with Crippen molar-refractivity contribution in [2.45, 2.75) is 27.2 Å². The van der Waals surface area contributed by atoms with Crippen LogP contribution in [0.1, 0.15) is 24.9 Å². The molecule has 1 aromatic carbocycles. The number of benzene rings is 1. The van der Waals surface area contributed by atoms with Crippen LogP contribution in [0.2, 0.25) is 0 Å². The van der Waals surface area contributed by atoms with Gasteiger partial charge in [0.15, 0.2) is 0 Å². The molecule has 0 radical (unpaired) electrons. The maximum Gasteiger partial charge on any atom is 0.134 e. The van der Waals surface area contributed by atoms with Crippen molar-refractivity contribution in [3.63, 3.8) is 0 Å². The quantitative estimate of drug-likeness (QED) is 0.878. The molecule has 0 fully saturated rings. The normalized spacial score (nSPS) is 9.75. The first-order chi connectivity index (χ1) is 9.17. The molecular weight excluding hydrogens is 274 g/mol. The average Bonchev–Trinajstić information content (AvgIpc) is 2.37. The minimum absolute atomic E-state index is 0. The van der Waals surface area contributed by atoms with Gasteiger partial charge in [-0.25, -0.2) is 9.97 Å². The van der Waals surface area contributed by atoms with E-state index in [2.05, 4.69) is 22.2 Å². The van der Waals surface area contributed by atoms with E-state index in [-0.39, 0.29) is 12.4 Å². The number of ether oxygens (including phenoxy) is 1. The fourth-order valence-corrected chi connectivity index (χ4v) is 1.78. The second-order valence-electron chi connectivity index (χ2n) is 4.44. The largest absolute Gasteiger partial charge is 1.00 e. The summed E-state index contributed by atoms with van der Waals surface area (Å²) in [5.41, 5.74) is 1.94. The molecule has 0 amide bonds. The van der Waals surface area contributed by atoms with E-state index in [0.29, 0.717) is 0 Å². The van der Waals surface area contributed by atoms with Crippen molar-refractivity contribution in [3.8, 4) is 5.75 Å². The predicted molar refractivity (Wildman–Crippen MR) is 77.0 cm³/mol. The highest BCUT2D eigenvalue weighted by molar-refractivity contribution is 5.57. The van der Waals surface area contributed by atoms with Gasteiger partial charge in [-0.3, -0.25) is 0 Å². The van der Waals surface area contributed by atoms with Crippen molar-refractivity contribution in [1.82, 2.24) is 9.97 Å². The van der Waals surface area contributed by atoms with Crippen molar-refractivity contribution in [2.75, 3.05) is 11.9 Å². The van der Waals surface area contributed by atoms with Crippen LogP contribution in [0.3, 0.4) is 0 Å². The molecule has 2 rings (SSSR count). The molecule has 20 heavy (non-hydrogen) atoms. The lowest BCUT2D eigenvalue weighted by atomic mass is 10.3. The molecule has 4 nitrogen and oxygen atoms in total. The zero-order valence-corrected chi connectivity index (χ0v) is 12.7. The molecule has 0 aliphatic heterocycles. The Labute approximate surface area is 126 Å². The highest BCUT2D eigenvalue weighted by Gasteiger charge is 2.00. The van der Waals surface area contributed by atoms with Gasteiger partial charge in [-0.1, -0.05) is 6.92 Å². The number of anilines is 2. The molecule has 0 aliphatic rings. The molecule has 1 heterocycles. The number of hydrogen-bond donors (Lipinski definition) is 1. The first-order valence-corrected chi connectivity index (χ1v) is 6.49. The highest BCUT2D eigenvalue weighted by atomic mass is 35.5. The van der Waals surface area contributed by atoms with Gasteiger partial charge >= 0.3 is 0 Å². The number of halogens is 1. The number of aromatic nitrogens is 2. The molecule has 1 N–H and O–H groups in total. The van der Waals surface area contributed by atoms with E-state index in [4.69, 9.17) is 4.74 Å². The van der Waals surface area contributed by atoms with E-state index >= 15 is 0 Å². The maximum atomic E-state index is 5.55. The molecule has 1 aromatic heterocycles. The fraction of sp³-hybridized carbons (Fsp3) is 0.333. The predicted octanol–water partition coefficient (Wildman–Crippen LogP) is 0.630. The molecule has 0 spiro atoms. The van der Waals surface area contributed by atoms with Crippen LogP contribution in [-0.2, 0) is 0 Å². The molecule has 0 saturated carbocycles. The summed E-state index contributed by atoms with van der Waals surface area (Å²) in [6.45, 7) is 6.69. The zero-order chi connectivity index (χ0) is 13.7. The minimum Gasteiger partial charge on any atom is -1.00 e. The Bertz CT molecular complexity index is 523. The van der Waals surface area contributed by atoms with Crippen LogP contribution in [0.25, 0.3) is 0 Å². The molecule has 5 heteroatoms. The van der Waals surface area contributed by atoms with E-state index in [1.54, 1.807) is 0 Å². The number of aryl methyl sites for hydroxylation is 2. The van der Waals surface area contributed by atoms with Crippen LogP contribution >= 0.6 is 0 Å². The lowest BCUT2D eigenvalue weighted by Gasteiger charge is -2.09. The second-order valence-corrected chi connectivity index (χ2v) is 4.44. The molecule has 2 aromatic rings. The molecule has 0 saturated heterocycles. The van der Waals surface area contributed by atoms with Crippen molar-refractivity contribution in [3.05, 3.63) is 41.9 Å². The van der Waals surface area contributed by atoms with E-state index < -0.39 is 0 Å². The maximum absolute atomic E-state index is 5.55. The van der Waals surface area contributed by atoms with Crippen LogP contribution in [0.5, 0.6) is 5.75 Å². The van der Waals surface area contributed by atoms with Gasteiger partial charge in [0.05, 0.1) is 6.61 Å². The van der Waals surface area contributed by atoms with Crippen LogP contribution in [0.15, 0.2) is 30.3 Å². The smallest absolute Gasteiger partial charge is 0.134 e. The number of hydrogen-bond acceptors (Lipinski definition) is 4. The summed E-state index contributed by atoms with van der Waals surface area (Å²) in [5.74, 6) is 2.47.